The average molecular weight is 379 g/mol. The molecule has 1 aliphatic rings. The first-order valence-electron chi connectivity index (χ1n) is 9.28. The molecule has 0 aromatic heterocycles. The van der Waals surface area contributed by atoms with E-state index in [-0.39, 0.29) is 23.1 Å². The Morgan fingerprint density at radius 2 is 1.81 bits per heavy atom. The normalized spacial score (nSPS) is 16.4. The van der Waals surface area contributed by atoms with Crippen LogP contribution in [0.1, 0.15) is 40.0 Å². The van der Waals surface area contributed by atoms with Crippen LogP contribution in [0, 0.1) is 5.92 Å². The lowest BCUT2D eigenvalue weighted by Gasteiger charge is -2.33. The molecule has 1 heterocycles. The van der Waals surface area contributed by atoms with Crippen LogP contribution in [0.4, 0.5) is 0 Å². The fraction of sp³-hybridized carbons (Fsp3) is 0.600. The number of nitrogens with zero attached hydrogens (tertiary/aromatic N) is 1. The van der Waals surface area contributed by atoms with Gasteiger partial charge in [-0.05, 0) is 49.9 Å². The summed E-state index contributed by atoms with van der Waals surface area (Å²) in [6, 6.07) is 7.89. The Bertz CT molecular complexity index is 596. The molecule has 144 valence electrons. The summed E-state index contributed by atoms with van der Waals surface area (Å²) < 4.78 is 5.15. The molecule has 1 aliphatic heterocycles. The fourth-order valence-electron chi connectivity index (χ4n) is 2.98. The lowest BCUT2D eigenvalue weighted by molar-refractivity contribution is -0.133. The molecule has 1 unspecified atom stereocenters. The van der Waals surface area contributed by atoms with Crippen molar-refractivity contribution in [3.63, 3.8) is 0 Å². The van der Waals surface area contributed by atoms with Crippen molar-refractivity contribution in [3.05, 3.63) is 24.3 Å². The minimum Gasteiger partial charge on any atom is -0.497 e. The Balaban J connectivity index is 1.76. The zero-order valence-corrected chi connectivity index (χ0v) is 17.0. The summed E-state index contributed by atoms with van der Waals surface area (Å²) in [5, 5.41) is 2.98. The Morgan fingerprint density at radius 1 is 1.19 bits per heavy atom. The Labute approximate surface area is 160 Å². The van der Waals surface area contributed by atoms with Crippen LogP contribution in [0.5, 0.6) is 5.75 Å². The lowest BCUT2D eigenvalue weighted by Crippen LogP contribution is -2.48. The second kappa shape index (κ2) is 9.86. The number of piperidine rings is 1. The van der Waals surface area contributed by atoms with Crippen molar-refractivity contribution in [2.45, 2.75) is 56.2 Å². The molecule has 0 radical (unpaired) electrons. The largest absolute Gasteiger partial charge is 0.497 e. The molecule has 0 bridgehead atoms. The van der Waals surface area contributed by atoms with E-state index in [4.69, 9.17) is 4.74 Å². The predicted molar refractivity (Wildman–Crippen MR) is 106 cm³/mol. The molecule has 2 amide bonds. The molecular weight excluding hydrogens is 348 g/mol. The van der Waals surface area contributed by atoms with Crippen LogP contribution in [0.2, 0.25) is 0 Å². The number of benzene rings is 1. The Kier molecular flexibility index (Phi) is 7.82. The molecule has 1 saturated heterocycles. The van der Waals surface area contributed by atoms with E-state index in [0.717, 1.165) is 36.6 Å². The topological polar surface area (TPSA) is 58.6 Å². The molecule has 6 heteroatoms. The van der Waals surface area contributed by atoms with E-state index in [1.165, 1.54) is 11.8 Å². The second-order valence-electron chi connectivity index (χ2n) is 7.20. The highest BCUT2D eigenvalue weighted by atomic mass is 32.2. The number of methoxy groups -OCH3 is 1. The van der Waals surface area contributed by atoms with E-state index in [9.17, 15) is 9.59 Å². The maximum absolute atomic E-state index is 12.5. The van der Waals surface area contributed by atoms with Gasteiger partial charge in [0, 0.05) is 30.4 Å². The van der Waals surface area contributed by atoms with Crippen LogP contribution in [0.25, 0.3) is 0 Å². The summed E-state index contributed by atoms with van der Waals surface area (Å²) in [6.07, 6.45) is 2.26. The summed E-state index contributed by atoms with van der Waals surface area (Å²) in [4.78, 5) is 27.6. The Morgan fingerprint density at radius 3 is 2.35 bits per heavy atom. The van der Waals surface area contributed by atoms with Gasteiger partial charge < -0.3 is 15.0 Å². The quantitative estimate of drug-likeness (QED) is 0.740. The minimum absolute atomic E-state index is 0.0535. The van der Waals surface area contributed by atoms with Gasteiger partial charge in [-0.2, -0.15) is 0 Å². The monoisotopic (exact) mass is 378 g/mol. The zero-order valence-electron chi connectivity index (χ0n) is 16.2. The molecule has 1 atom stereocenters. The molecule has 0 saturated carbocycles. The molecule has 1 aromatic carbocycles. The molecule has 5 nitrogen and oxygen atoms in total. The van der Waals surface area contributed by atoms with Crippen LogP contribution in [-0.2, 0) is 9.59 Å². The summed E-state index contributed by atoms with van der Waals surface area (Å²) in [5.74, 6) is 1.48. The summed E-state index contributed by atoms with van der Waals surface area (Å²) in [6.45, 7) is 7.51. The van der Waals surface area contributed by atoms with Crippen molar-refractivity contribution in [2.75, 3.05) is 20.2 Å². The maximum Gasteiger partial charge on any atom is 0.233 e. The maximum atomic E-state index is 12.5. The van der Waals surface area contributed by atoms with Gasteiger partial charge in [0.1, 0.15) is 5.75 Å². The van der Waals surface area contributed by atoms with Crippen molar-refractivity contribution in [3.8, 4) is 5.75 Å². The third kappa shape index (κ3) is 6.24. The number of carbonyl (C=O) groups is 2. The van der Waals surface area contributed by atoms with Crippen LogP contribution in [0.15, 0.2) is 29.2 Å². The van der Waals surface area contributed by atoms with Crippen molar-refractivity contribution in [2.24, 2.45) is 5.92 Å². The molecule has 1 fully saturated rings. The molecular formula is C20H30N2O3S. The lowest BCUT2D eigenvalue weighted by atomic mass is 10.0. The van der Waals surface area contributed by atoms with Gasteiger partial charge in [0.15, 0.2) is 0 Å². The number of ether oxygens (including phenoxy) is 1. The van der Waals surface area contributed by atoms with Gasteiger partial charge in [-0.15, -0.1) is 11.8 Å². The number of rotatable bonds is 7. The van der Waals surface area contributed by atoms with E-state index < -0.39 is 0 Å². The predicted octanol–water partition coefficient (Wildman–Crippen LogP) is 3.33. The molecule has 0 aliphatic carbocycles. The molecule has 2 rings (SSSR count). The third-order valence-corrected chi connectivity index (χ3v) is 5.63. The van der Waals surface area contributed by atoms with Crippen molar-refractivity contribution >= 4 is 23.6 Å². The first kappa shape index (κ1) is 20.6. The smallest absolute Gasteiger partial charge is 0.233 e. The number of thioether (sulfide) groups is 1. The summed E-state index contributed by atoms with van der Waals surface area (Å²) in [5.41, 5.74) is 0. The first-order chi connectivity index (χ1) is 12.4. The van der Waals surface area contributed by atoms with Crippen LogP contribution in [0.3, 0.4) is 0 Å². The van der Waals surface area contributed by atoms with Gasteiger partial charge in [0.2, 0.25) is 11.8 Å². The van der Waals surface area contributed by atoms with Crippen LogP contribution < -0.4 is 10.1 Å². The number of carbonyl (C=O) groups excluding carboxylic acids is 2. The average Bonchev–Trinajstić information content (AvgIpc) is 2.62. The van der Waals surface area contributed by atoms with E-state index in [0.29, 0.717) is 12.3 Å². The van der Waals surface area contributed by atoms with E-state index in [2.05, 4.69) is 19.2 Å². The van der Waals surface area contributed by atoms with Gasteiger partial charge >= 0.3 is 0 Å². The van der Waals surface area contributed by atoms with Gasteiger partial charge in [-0.1, -0.05) is 13.8 Å². The minimum atomic E-state index is -0.163. The number of nitrogens with one attached hydrogen (secondary N) is 1. The van der Waals surface area contributed by atoms with Gasteiger partial charge in [0.05, 0.1) is 12.4 Å². The first-order valence-corrected chi connectivity index (χ1v) is 10.2. The van der Waals surface area contributed by atoms with Gasteiger partial charge in [-0.3, -0.25) is 9.59 Å². The highest BCUT2D eigenvalue weighted by molar-refractivity contribution is 8.00. The highest BCUT2D eigenvalue weighted by Crippen LogP contribution is 2.25. The van der Waals surface area contributed by atoms with E-state index in [1.807, 2.05) is 36.1 Å². The van der Waals surface area contributed by atoms with Crippen molar-refractivity contribution < 1.29 is 14.3 Å². The second-order valence-corrected chi connectivity index (χ2v) is 8.61. The number of hydrogen-bond acceptors (Lipinski definition) is 4. The highest BCUT2D eigenvalue weighted by Gasteiger charge is 2.25. The van der Waals surface area contributed by atoms with Crippen molar-refractivity contribution in [1.82, 2.24) is 10.2 Å². The number of likely N-dealkylation sites (tertiary alicyclic amines) is 1. The van der Waals surface area contributed by atoms with Crippen LogP contribution in [-0.4, -0.2) is 48.2 Å². The SMILES string of the molecule is COc1ccc(SC(C)C(=O)NC2CCN(C(=O)CC(C)C)CC2)cc1. The molecule has 0 spiro atoms. The van der Waals surface area contributed by atoms with Crippen LogP contribution >= 0.6 is 11.8 Å². The summed E-state index contributed by atoms with van der Waals surface area (Å²) in [7, 11) is 1.64. The number of hydrogen-bond donors (Lipinski definition) is 1. The standard InChI is InChI=1S/C20H30N2O3S/c1-14(2)13-19(23)22-11-9-16(10-12-22)21-20(24)15(3)26-18-7-5-17(25-4)6-8-18/h5-8,14-16H,9-13H2,1-4H3,(H,21,24). The van der Waals surface area contributed by atoms with E-state index in [1.54, 1.807) is 7.11 Å². The van der Waals surface area contributed by atoms with Gasteiger partial charge in [0.25, 0.3) is 0 Å². The molecule has 26 heavy (non-hydrogen) atoms. The van der Waals surface area contributed by atoms with E-state index >= 15 is 0 Å². The summed E-state index contributed by atoms with van der Waals surface area (Å²) >= 11 is 1.54. The zero-order chi connectivity index (χ0) is 19.1. The number of amides is 2. The third-order valence-electron chi connectivity index (χ3n) is 4.52. The Hall–Kier alpha value is -1.69. The molecule has 1 aromatic rings. The van der Waals surface area contributed by atoms with Crippen molar-refractivity contribution in [1.29, 1.82) is 0 Å². The van der Waals surface area contributed by atoms with Gasteiger partial charge in [-0.25, -0.2) is 0 Å². The fourth-order valence-corrected chi connectivity index (χ4v) is 3.86. The molecule has 1 N–H and O–H groups in total.